The van der Waals surface area contributed by atoms with Gasteiger partial charge < -0.3 is 10.2 Å². The fourth-order valence-corrected chi connectivity index (χ4v) is 3.91. The molecule has 6 nitrogen and oxygen atoms in total. The molecule has 1 N–H and O–H groups in total. The van der Waals surface area contributed by atoms with Crippen molar-refractivity contribution in [2.45, 2.75) is 38.8 Å². The van der Waals surface area contributed by atoms with Crippen LogP contribution in [0.5, 0.6) is 0 Å². The van der Waals surface area contributed by atoms with Gasteiger partial charge in [-0.05, 0) is 42.2 Å². The average Bonchev–Trinajstić information content (AvgIpc) is 2.95. The summed E-state index contributed by atoms with van der Waals surface area (Å²) in [4.78, 5) is 40.7. The van der Waals surface area contributed by atoms with Gasteiger partial charge in [-0.1, -0.05) is 66.9 Å². The standard InChI is InChI=1S/C23H25Cl2N3O3/c1-4-5-15-6-9-17(10-7-15)23(2)21(30)28(22(31)26-23)14-20(29)27(3)13-16-8-11-18(24)19(25)12-16/h6-12H,4-5,13-14H2,1-3H3,(H,26,31). The van der Waals surface area contributed by atoms with E-state index in [-0.39, 0.29) is 19.0 Å². The summed E-state index contributed by atoms with van der Waals surface area (Å²) in [7, 11) is 1.61. The van der Waals surface area contributed by atoms with Crippen molar-refractivity contribution in [1.82, 2.24) is 15.1 Å². The zero-order valence-corrected chi connectivity index (χ0v) is 19.3. The third kappa shape index (κ3) is 4.86. The molecule has 0 bridgehead atoms. The number of nitrogens with zero attached hydrogens (tertiary/aromatic N) is 2. The first-order valence-corrected chi connectivity index (χ1v) is 10.8. The molecule has 3 rings (SSSR count). The van der Waals surface area contributed by atoms with E-state index in [4.69, 9.17) is 23.2 Å². The van der Waals surface area contributed by atoms with E-state index in [1.165, 1.54) is 10.5 Å². The number of carbonyl (C=O) groups excluding carboxylic acids is 3. The van der Waals surface area contributed by atoms with Crippen molar-refractivity contribution in [2.24, 2.45) is 0 Å². The number of hydrogen-bond donors (Lipinski definition) is 1. The van der Waals surface area contributed by atoms with Crippen molar-refractivity contribution in [2.75, 3.05) is 13.6 Å². The molecule has 0 spiro atoms. The van der Waals surface area contributed by atoms with Crippen molar-refractivity contribution in [3.63, 3.8) is 0 Å². The van der Waals surface area contributed by atoms with Gasteiger partial charge >= 0.3 is 6.03 Å². The Morgan fingerprint density at radius 3 is 2.32 bits per heavy atom. The second-order valence-corrected chi connectivity index (χ2v) is 8.71. The highest BCUT2D eigenvalue weighted by Crippen LogP contribution is 2.29. The molecule has 0 radical (unpaired) electrons. The predicted octanol–water partition coefficient (Wildman–Crippen LogP) is 4.37. The number of aryl methyl sites for hydroxylation is 1. The van der Waals surface area contributed by atoms with Crippen LogP contribution in [0, 0.1) is 0 Å². The van der Waals surface area contributed by atoms with Gasteiger partial charge in [0, 0.05) is 13.6 Å². The molecule has 8 heteroatoms. The number of benzene rings is 2. The van der Waals surface area contributed by atoms with Gasteiger partial charge in [-0.3, -0.25) is 14.5 Å². The number of nitrogens with one attached hydrogen (secondary N) is 1. The molecule has 1 aliphatic rings. The number of hydrogen-bond acceptors (Lipinski definition) is 3. The zero-order valence-electron chi connectivity index (χ0n) is 17.7. The summed E-state index contributed by atoms with van der Waals surface area (Å²) in [6.07, 6.45) is 1.97. The van der Waals surface area contributed by atoms with Gasteiger partial charge in [0.25, 0.3) is 5.91 Å². The van der Waals surface area contributed by atoms with Crippen LogP contribution in [0.4, 0.5) is 4.79 Å². The molecule has 1 aliphatic heterocycles. The van der Waals surface area contributed by atoms with Crippen molar-refractivity contribution in [3.8, 4) is 0 Å². The Hall–Kier alpha value is -2.57. The predicted molar refractivity (Wildman–Crippen MR) is 121 cm³/mol. The van der Waals surface area contributed by atoms with E-state index in [0.717, 1.165) is 23.3 Å². The number of rotatable bonds is 7. The second-order valence-electron chi connectivity index (χ2n) is 7.89. The van der Waals surface area contributed by atoms with E-state index in [1.54, 1.807) is 32.2 Å². The normalized spacial score (nSPS) is 18.3. The van der Waals surface area contributed by atoms with Crippen LogP contribution in [0.1, 0.15) is 37.0 Å². The number of urea groups is 1. The van der Waals surface area contributed by atoms with Crippen LogP contribution in [0.25, 0.3) is 0 Å². The highest BCUT2D eigenvalue weighted by Gasteiger charge is 2.49. The summed E-state index contributed by atoms with van der Waals surface area (Å²) >= 11 is 12.0. The smallest absolute Gasteiger partial charge is 0.325 e. The van der Waals surface area contributed by atoms with E-state index in [0.29, 0.717) is 15.6 Å². The number of imide groups is 1. The van der Waals surface area contributed by atoms with Crippen LogP contribution in [0.3, 0.4) is 0 Å². The summed E-state index contributed by atoms with van der Waals surface area (Å²) in [5, 5.41) is 3.57. The minimum absolute atomic E-state index is 0.273. The van der Waals surface area contributed by atoms with Gasteiger partial charge in [-0.2, -0.15) is 0 Å². The van der Waals surface area contributed by atoms with E-state index >= 15 is 0 Å². The highest BCUT2D eigenvalue weighted by atomic mass is 35.5. The monoisotopic (exact) mass is 461 g/mol. The molecule has 1 atom stereocenters. The molecule has 1 fully saturated rings. The molecule has 2 aromatic carbocycles. The summed E-state index contributed by atoms with van der Waals surface area (Å²) < 4.78 is 0. The molecule has 0 aliphatic carbocycles. The summed E-state index contributed by atoms with van der Waals surface area (Å²) in [5.41, 5.74) is 1.44. The molecular weight excluding hydrogens is 437 g/mol. The molecule has 1 heterocycles. The minimum Gasteiger partial charge on any atom is -0.340 e. The summed E-state index contributed by atoms with van der Waals surface area (Å²) in [6.45, 7) is 3.69. The van der Waals surface area contributed by atoms with Crippen molar-refractivity contribution in [3.05, 3.63) is 69.2 Å². The molecule has 164 valence electrons. The van der Waals surface area contributed by atoms with Gasteiger partial charge in [-0.25, -0.2) is 4.79 Å². The second kappa shape index (κ2) is 9.28. The summed E-state index contributed by atoms with van der Waals surface area (Å²) in [5.74, 6) is -0.811. The van der Waals surface area contributed by atoms with E-state index in [9.17, 15) is 14.4 Å². The van der Waals surface area contributed by atoms with Gasteiger partial charge in [0.1, 0.15) is 12.1 Å². The maximum absolute atomic E-state index is 13.1. The highest BCUT2D eigenvalue weighted by molar-refractivity contribution is 6.42. The van der Waals surface area contributed by atoms with Crippen molar-refractivity contribution >= 4 is 41.0 Å². The van der Waals surface area contributed by atoms with Gasteiger partial charge in [0.15, 0.2) is 0 Å². The van der Waals surface area contributed by atoms with E-state index in [2.05, 4.69) is 12.2 Å². The number of carbonyl (C=O) groups is 3. The SMILES string of the molecule is CCCc1ccc(C2(C)NC(=O)N(CC(=O)N(C)Cc3ccc(Cl)c(Cl)c3)C2=O)cc1. The Labute approximate surface area is 192 Å². The molecule has 0 aromatic heterocycles. The first-order valence-electron chi connectivity index (χ1n) is 10.1. The fourth-order valence-electron chi connectivity index (χ4n) is 3.59. The lowest BCUT2D eigenvalue weighted by atomic mass is 9.91. The maximum atomic E-state index is 13.1. The molecule has 1 unspecified atom stereocenters. The molecule has 31 heavy (non-hydrogen) atoms. The van der Waals surface area contributed by atoms with E-state index in [1.807, 2.05) is 24.3 Å². The largest absolute Gasteiger partial charge is 0.340 e. The van der Waals surface area contributed by atoms with Crippen LogP contribution in [0.2, 0.25) is 10.0 Å². The lowest BCUT2D eigenvalue weighted by molar-refractivity contribution is -0.138. The van der Waals surface area contributed by atoms with Gasteiger partial charge in [0.2, 0.25) is 5.91 Å². The van der Waals surface area contributed by atoms with Crippen LogP contribution >= 0.6 is 23.2 Å². The van der Waals surface area contributed by atoms with Gasteiger partial charge in [0.05, 0.1) is 10.0 Å². The Balaban J connectivity index is 1.69. The number of amides is 4. The Bertz CT molecular complexity index is 1010. The number of likely N-dealkylation sites (N-methyl/N-ethyl adjacent to an activating group) is 1. The fraction of sp³-hybridized carbons (Fsp3) is 0.348. The lowest BCUT2D eigenvalue weighted by Gasteiger charge is -2.23. The van der Waals surface area contributed by atoms with E-state index < -0.39 is 17.5 Å². The third-order valence-corrected chi connectivity index (χ3v) is 6.21. The lowest BCUT2D eigenvalue weighted by Crippen LogP contribution is -2.43. The molecule has 2 aromatic rings. The Kier molecular flexibility index (Phi) is 6.92. The van der Waals surface area contributed by atoms with Crippen LogP contribution < -0.4 is 5.32 Å². The molecular formula is C23H25Cl2N3O3. The van der Waals surface area contributed by atoms with Crippen molar-refractivity contribution in [1.29, 1.82) is 0 Å². The molecule has 0 saturated carbocycles. The first kappa shape index (κ1) is 23.1. The summed E-state index contributed by atoms with van der Waals surface area (Å²) in [6, 6.07) is 12.2. The van der Waals surface area contributed by atoms with Crippen LogP contribution in [0.15, 0.2) is 42.5 Å². The molecule has 4 amide bonds. The topological polar surface area (TPSA) is 69.7 Å². The third-order valence-electron chi connectivity index (χ3n) is 5.47. The maximum Gasteiger partial charge on any atom is 0.325 e. The zero-order chi connectivity index (χ0) is 22.8. The Morgan fingerprint density at radius 2 is 1.71 bits per heavy atom. The van der Waals surface area contributed by atoms with Crippen molar-refractivity contribution < 1.29 is 14.4 Å². The number of halogens is 2. The Morgan fingerprint density at radius 1 is 1.06 bits per heavy atom. The van der Waals surface area contributed by atoms with Crippen LogP contribution in [-0.4, -0.2) is 41.2 Å². The first-order chi connectivity index (χ1) is 14.7. The minimum atomic E-state index is -1.20. The van der Waals surface area contributed by atoms with Gasteiger partial charge in [-0.15, -0.1) is 0 Å². The molecule has 1 saturated heterocycles. The average molecular weight is 462 g/mol. The quantitative estimate of drug-likeness (QED) is 0.622. The van der Waals surface area contributed by atoms with Crippen LogP contribution in [-0.2, 0) is 28.1 Å².